The summed E-state index contributed by atoms with van der Waals surface area (Å²) in [7, 11) is 0. The van der Waals surface area contributed by atoms with Crippen molar-refractivity contribution in [3.05, 3.63) is 0 Å². The SMILES string of the molecule is CC1(C)CC(Oc2nc(OC3CC(C)(C)NC4(CCCCC4)C3)nc(OC3CC(C)(C)NC4(CCCCC4)C3)n2)CC2(CCCCC2)N1. The van der Waals surface area contributed by atoms with E-state index in [-0.39, 0.29) is 51.5 Å². The van der Waals surface area contributed by atoms with Gasteiger partial charge in [0.2, 0.25) is 0 Å². The van der Waals surface area contributed by atoms with E-state index < -0.39 is 0 Å². The quantitative estimate of drug-likeness (QED) is 0.282. The highest BCUT2D eigenvalue weighted by Gasteiger charge is 2.48. The van der Waals surface area contributed by atoms with E-state index in [1.165, 1.54) is 96.3 Å². The molecule has 9 heteroatoms. The first kappa shape index (κ1) is 34.7. The van der Waals surface area contributed by atoms with Gasteiger partial charge in [-0.3, -0.25) is 0 Å². The maximum absolute atomic E-state index is 6.79. The second kappa shape index (κ2) is 13.1. The van der Waals surface area contributed by atoms with Crippen LogP contribution in [0.15, 0.2) is 0 Å². The van der Waals surface area contributed by atoms with Gasteiger partial charge >= 0.3 is 18.0 Å². The van der Waals surface area contributed by atoms with Crippen LogP contribution in [0.3, 0.4) is 0 Å². The molecular formula is C39H66N6O3. The van der Waals surface area contributed by atoms with Crippen molar-refractivity contribution in [2.24, 2.45) is 0 Å². The number of nitrogens with zero attached hydrogens (tertiary/aromatic N) is 3. The number of nitrogens with one attached hydrogen (secondary N) is 3. The van der Waals surface area contributed by atoms with E-state index in [1.54, 1.807) is 0 Å². The zero-order valence-electron chi connectivity index (χ0n) is 31.1. The summed E-state index contributed by atoms with van der Waals surface area (Å²) in [5, 5.41) is 12.1. The topological polar surface area (TPSA) is 102 Å². The van der Waals surface area contributed by atoms with Crippen LogP contribution < -0.4 is 30.2 Å². The van der Waals surface area contributed by atoms with E-state index >= 15 is 0 Å². The van der Waals surface area contributed by atoms with Crippen LogP contribution >= 0.6 is 0 Å². The van der Waals surface area contributed by atoms with Crippen LogP contribution in [0.25, 0.3) is 0 Å². The molecule has 7 rings (SSSR count). The normalized spacial score (nSPS) is 33.2. The van der Waals surface area contributed by atoms with Gasteiger partial charge in [-0.15, -0.1) is 15.0 Å². The molecule has 0 radical (unpaired) electrons. The van der Waals surface area contributed by atoms with Crippen molar-refractivity contribution in [2.75, 3.05) is 0 Å². The van der Waals surface area contributed by atoms with Crippen LogP contribution in [-0.4, -0.2) is 66.5 Å². The number of hydrogen-bond acceptors (Lipinski definition) is 9. The predicted molar refractivity (Wildman–Crippen MR) is 190 cm³/mol. The molecule has 6 aliphatic rings. The zero-order chi connectivity index (χ0) is 33.7. The fourth-order valence-corrected chi connectivity index (χ4v) is 11.5. The largest absolute Gasteiger partial charge is 0.460 e. The molecule has 1 aromatic heterocycles. The summed E-state index contributed by atoms with van der Waals surface area (Å²) in [5.74, 6) is 0. The highest BCUT2D eigenvalue weighted by atomic mass is 16.5. The Balaban J connectivity index is 1.15. The van der Waals surface area contributed by atoms with E-state index in [2.05, 4.69) is 57.5 Å². The lowest BCUT2D eigenvalue weighted by atomic mass is 9.71. The third-order valence-electron chi connectivity index (χ3n) is 12.7. The lowest BCUT2D eigenvalue weighted by Gasteiger charge is -2.51. The third kappa shape index (κ3) is 8.25. The standard InChI is InChI=1S/C39H66N6O3/c1-34(2)22-28(25-37(43-34)16-10-7-11-17-37)46-31-40-32(47-29-23-35(3,4)44-38(26-29)18-12-8-13-19-38)42-33(41-31)48-30-24-36(5,6)45-39(27-30)20-14-9-15-21-39/h28-30,43-45H,7-27H2,1-6H3. The second-order valence-corrected chi connectivity index (χ2v) is 19.2. The summed E-state index contributed by atoms with van der Waals surface area (Å²) in [6.07, 6.45) is 24.6. The molecule has 3 saturated heterocycles. The van der Waals surface area contributed by atoms with E-state index in [4.69, 9.17) is 29.2 Å². The van der Waals surface area contributed by atoms with Crippen molar-refractivity contribution in [1.82, 2.24) is 30.9 Å². The van der Waals surface area contributed by atoms with Crippen molar-refractivity contribution >= 4 is 0 Å². The van der Waals surface area contributed by atoms with Gasteiger partial charge in [0.25, 0.3) is 0 Å². The molecule has 0 aromatic carbocycles. The van der Waals surface area contributed by atoms with Gasteiger partial charge in [-0.05, 0) is 80.1 Å². The van der Waals surface area contributed by atoms with Crippen LogP contribution in [-0.2, 0) is 0 Å². The van der Waals surface area contributed by atoms with Crippen molar-refractivity contribution in [2.45, 2.75) is 228 Å². The average Bonchev–Trinajstić information content (AvgIpc) is 2.95. The fraction of sp³-hybridized carbons (Fsp3) is 0.923. The minimum Gasteiger partial charge on any atom is -0.460 e. The summed E-state index contributed by atoms with van der Waals surface area (Å²) in [4.78, 5) is 14.7. The Morgan fingerprint density at radius 1 is 0.396 bits per heavy atom. The van der Waals surface area contributed by atoms with E-state index in [0.29, 0.717) is 18.0 Å². The molecule has 3 aliphatic heterocycles. The highest BCUT2D eigenvalue weighted by Crippen LogP contribution is 2.43. The van der Waals surface area contributed by atoms with Gasteiger partial charge < -0.3 is 30.2 Å². The van der Waals surface area contributed by atoms with Crippen molar-refractivity contribution in [3.8, 4) is 18.0 Å². The first-order valence-corrected chi connectivity index (χ1v) is 19.9. The van der Waals surface area contributed by atoms with Crippen LogP contribution in [0.2, 0.25) is 0 Å². The molecule has 3 unspecified atom stereocenters. The fourth-order valence-electron chi connectivity index (χ4n) is 11.5. The number of rotatable bonds is 6. The molecule has 0 bridgehead atoms. The third-order valence-corrected chi connectivity index (χ3v) is 12.7. The Labute approximate surface area is 290 Å². The summed E-state index contributed by atoms with van der Waals surface area (Å²) in [6, 6.07) is 1.06. The van der Waals surface area contributed by atoms with Crippen molar-refractivity contribution in [3.63, 3.8) is 0 Å². The number of hydrogen-bond donors (Lipinski definition) is 3. The second-order valence-electron chi connectivity index (χ2n) is 19.2. The van der Waals surface area contributed by atoms with Crippen LogP contribution in [0, 0.1) is 0 Å². The van der Waals surface area contributed by atoms with Crippen LogP contribution in [0.5, 0.6) is 18.0 Å². The first-order chi connectivity index (χ1) is 22.7. The first-order valence-electron chi connectivity index (χ1n) is 19.9. The predicted octanol–water partition coefficient (Wildman–Crippen LogP) is 7.71. The molecule has 270 valence electrons. The summed E-state index contributed by atoms with van der Waals surface area (Å²) >= 11 is 0. The lowest BCUT2D eigenvalue weighted by Crippen LogP contribution is -2.63. The molecule has 3 atom stereocenters. The van der Waals surface area contributed by atoms with Gasteiger partial charge in [0.15, 0.2) is 0 Å². The lowest BCUT2D eigenvalue weighted by molar-refractivity contribution is 0.00598. The minimum absolute atomic E-state index is 0.0179. The van der Waals surface area contributed by atoms with E-state index in [0.717, 1.165) is 38.5 Å². The van der Waals surface area contributed by atoms with Gasteiger partial charge in [-0.2, -0.15) is 0 Å². The molecule has 3 aliphatic carbocycles. The van der Waals surface area contributed by atoms with E-state index in [9.17, 15) is 0 Å². The Bertz CT molecular complexity index is 1100. The minimum atomic E-state index is -0.0179. The van der Waals surface area contributed by atoms with Gasteiger partial charge in [-0.25, -0.2) is 0 Å². The van der Waals surface area contributed by atoms with Crippen molar-refractivity contribution < 1.29 is 14.2 Å². The molecular weight excluding hydrogens is 600 g/mol. The van der Waals surface area contributed by atoms with Gasteiger partial charge in [0.05, 0.1) is 0 Å². The molecule has 3 spiro atoms. The molecule has 9 nitrogen and oxygen atoms in total. The molecule has 4 heterocycles. The Morgan fingerprint density at radius 2 is 0.646 bits per heavy atom. The number of ether oxygens (including phenoxy) is 3. The van der Waals surface area contributed by atoms with Crippen LogP contribution in [0.4, 0.5) is 0 Å². The molecule has 3 saturated carbocycles. The molecule has 6 fully saturated rings. The summed E-state index contributed by atoms with van der Waals surface area (Å²) in [5.41, 5.74) is 0.322. The smallest absolute Gasteiger partial charge is 0.326 e. The Hall–Kier alpha value is -1.71. The van der Waals surface area contributed by atoms with Gasteiger partial charge in [0.1, 0.15) is 18.3 Å². The molecule has 0 amide bonds. The Morgan fingerprint density at radius 3 is 0.896 bits per heavy atom. The molecule has 48 heavy (non-hydrogen) atoms. The summed E-state index contributed by atoms with van der Waals surface area (Å²) in [6.45, 7) is 13.9. The van der Waals surface area contributed by atoms with Crippen molar-refractivity contribution in [1.29, 1.82) is 0 Å². The maximum atomic E-state index is 6.79. The van der Waals surface area contributed by atoms with E-state index in [1.807, 2.05) is 0 Å². The molecule has 3 N–H and O–H groups in total. The summed E-state index contributed by atoms with van der Waals surface area (Å²) < 4.78 is 20.4. The average molecular weight is 667 g/mol. The number of aromatic nitrogens is 3. The van der Waals surface area contributed by atoms with Crippen LogP contribution in [0.1, 0.15) is 176 Å². The monoisotopic (exact) mass is 667 g/mol. The maximum Gasteiger partial charge on any atom is 0.326 e. The highest BCUT2D eigenvalue weighted by molar-refractivity contribution is 5.14. The molecule has 1 aromatic rings. The van der Waals surface area contributed by atoms with Gasteiger partial charge in [0, 0.05) is 71.8 Å². The number of piperidine rings is 3. The van der Waals surface area contributed by atoms with Gasteiger partial charge in [-0.1, -0.05) is 57.8 Å². The zero-order valence-corrected chi connectivity index (χ0v) is 31.1. The Kier molecular flexibility index (Phi) is 9.49.